The van der Waals surface area contributed by atoms with Crippen molar-refractivity contribution in [2.24, 2.45) is 5.92 Å². The first-order valence-electron chi connectivity index (χ1n) is 7.17. The zero-order valence-corrected chi connectivity index (χ0v) is 13.5. The van der Waals surface area contributed by atoms with Crippen LogP contribution >= 0.6 is 23.2 Å². The maximum Gasteiger partial charge on any atom is 0.157 e. The minimum absolute atomic E-state index is 0.0790. The molecule has 1 fully saturated rings. The Balaban J connectivity index is 1.96. The Kier molecular flexibility index (Phi) is 4.99. The fourth-order valence-corrected chi connectivity index (χ4v) is 3.27. The molecule has 2 atom stereocenters. The summed E-state index contributed by atoms with van der Waals surface area (Å²) >= 11 is 12.1. The van der Waals surface area contributed by atoms with E-state index < -0.39 is 17.7 Å². The predicted octanol–water partition coefficient (Wildman–Crippen LogP) is 4.40. The highest BCUT2D eigenvalue weighted by atomic mass is 35.5. The van der Waals surface area contributed by atoms with Gasteiger partial charge in [0.05, 0.1) is 16.2 Å². The zero-order chi connectivity index (χ0) is 16.4. The van der Waals surface area contributed by atoms with Gasteiger partial charge in [0.1, 0.15) is 17.7 Å². The third-order valence-corrected chi connectivity index (χ3v) is 4.35. The molecule has 1 aliphatic rings. The Morgan fingerprint density at radius 1 is 1.13 bits per heavy atom. The lowest BCUT2D eigenvalue weighted by molar-refractivity contribution is 0.144. The van der Waals surface area contributed by atoms with Gasteiger partial charge in [-0.1, -0.05) is 23.2 Å². The molecule has 1 aromatic carbocycles. The molecule has 0 spiro atoms. The van der Waals surface area contributed by atoms with E-state index >= 15 is 0 Å². The van der Waals surface area contributed by atoms with Gasteiger partial charge in [0.25, 0.3) is 0 Å². The molecular formula is C16H14Cl2F2N2O. The minimum Gasteiger partial charge on any atom is -0.482 e. The van der Waals surface area contributed by atoms with Gasteiger partial charge in [-0.2, -0.15) is 0 Å². The van der Waals surface area contributed by atoms with Crippen LogP contribution in [0.3, 0.4) is 0 Å². The molecule has 23 heavy (non-hydrogen) atoms. The maximum atomic E-state index is 13.5. The summed E-state index contributed by atoms with van der Waals surface area (Å²) in [5.41, 5.74) is 0.593. The molecule has 122 valence electrons. The smallest absolute Gasteiger partial charge is 0.157 e. The van der Waals surface area contributed by atoms with Gasteiger partial charge in [-0.15, -0.1) is 0 Å². The van der Waals surface area contributed by atoms with E-state index in [2.05, 4.69) is 10.3 Å². The van der Waals surface area contributed by atoms with Gasteiger partial charge >= 0.3 is 0 Å². The van der Waals surface area contributed by atoms with Crippen molar-refractivity contribution in [1.29, 1.82) is 0 Å². The minimum atomic E-state index is -0.543. The topological polar surface area (TPSA) is 34.1 Å². The number of nitrogens with one attached hydrogen (secondary N) is 1. The van der Waals surface area contributed by atoms with Gasteiger partial charge in [-0.05, 0) is 31.2 Å². The van der Waals surface area contributed by atoms with Crippen molar-refractivity contribution in [3.05, 3.63) is 57.8 Å². The van der Waals surface area contributed by atoms with E-state index in [4.69, 9.17) is 27.9 Å². The SMILES string of the molecule is Fc1cncc(C(Oc2c(Cl)cc(F)cc2Cl)C2CCNC2)c1. The van der Waals surface area contributed by atoms with Gasteiger partial charge in [0, 0.05) is 24.2 Å². The fourth-order valence-electron chi connectivity index (χ4n) is 2.72. The largest absolute Gasteiger partial charge is 0.482 e. The predicted molar refractivity (Wildman–Crippen MR) is 85.0 cm³/mol. The van der Waals surface area contributed by atoms with Gasteiger partial charge in [0.2, 0.25) is 0 Å². The molecule has 3 rings (SSSR count). The normalized spacial score (nSPS) is 18.9. The van der Waals surface area contributed by atoms with E-state index in [-0.39, 0.29) is 21.7 Å². The van der Waals surface area contributed by atoms with Crippen LogP contribution in [0.1, 0.15) is 18.1 Å². The Bertz CT molecular complexity index is 685. The van der Waals surface area contributed by atoms with E-state index in [1.165, 1.54) is 6.07 Å². The van der Waals surface area contributed by atoms with Gasteiger partial charge in [-0.3, -0.25) is 4.98 Å². The van der Waals surface area contributed by atoms with Gasteiger partial charge in [0.15, 0.2) is 5.75 Å². The lowest BCUT2D eigenvalue weighted by Crippen LogP contribution is -2.22. The van der Waals surface area contributed by atoms with Crippen LogP contribution in [0.15, 0.2) is 30.6 Å². The second kappa shape index (κ2) is 6.99. The monoisotopic (exact) mass is 358 g/mol. The molecule has 3 nitrogen and oxygen atoms in total. The van der Waals surface area contributed by atoms with Crippen LogP contribution in [0.4, 0.5) is 8.78 Å². The quantitative estimate of drug-likeness (QED) is 0.879. The molecular weight excluding hydrogens is 345 g/mol. The molecule has 1 N–H and O–H groups in total. The highest BCUT2D eigenvalue weighted by Gasteiger charge is 2.30. The van der Waals surface area contributed by atoms with Crippen molar-refractivity contribution in [2.45, 2.75) is 12.5 Å². The first-order chi connectivity index (χ1) is 11.0. The average molecular weight is 359 g/mol. The third kappa shape index (κ3) is 3.74. The maximum absolute atomic E-state index is 13.5. The molecule has 0 amide bonds. The average Bonchev–Trinajstić information content (AvgIpc) is 3.00. The summed E-state index contributed by atoms with van der Waals surface area (Å²) in [6.45, 7) is 1.57. The number of halogens is 4. The first-order valence-corrected chi connectivity index (χ1v) is 7.92. The number of benzene rings is 1. The van der Waals surface area contributed by atoms with E-state index in [9.17, 15) is 8.78 Å². The molecule has 2 unspecified atom stereocenters. The summed E-state index contributed by atoms with van der Waals surface area (Å²) in [6, 6.07) is 3.65. The summed E-state index contributed by atoms with van der Waals surface area (Å²) in [7, 11) is 0. The Morgan fingerprint density at radius 3 is 2.48 bits per heavy atom. The van der Waals surface area contributed by atoms with Crippen LogP contribution in [0.25, 0.3) is 0 Å². The molecule has 1 aromatic heterocycles. The number of hydrogen-bond acceptors (Lipinski definition) is 3. The summed E-state index contributed by atoms with van der Waals surface area (Å²) in [4.78, 5) is 3.88. The van der Waals surface area contributed by atoms with E-state index in [1.54, 1.807) is 6.20 Å². The zero-order valence-electron chi connectivity index (χ0n) is 12.0. The number of aromatic nitrogens is 1. The number of hydrogen-bond donors (Lipinski definition) is 1. The van der Waals surface area contributed by atoms with E-state index in [1.807, 2.05) is 0 Å². The molecule has 2 aromatic rings. The van der Waals surface area contributed by atoms with Crippen LogP contribution < -0.4 is 10.1 Å². The lowest BCUT2D eigenvalue weighted by atomic mass is 9.96. The first kappa shape index (κ1) is 16.4. The molecule has 0 saturated carbocycles. The molecule has 7 heteroatoms. The second-order valence-corrected chi connectivity index (χ2v) is 6.24. The van der Waals surface area contributed by atoms with Crippen molar-refractivity contribution < 1.29 is 13.5 Å². The van der Waals surface area contributed by atoms with Crippen molar-refractivity contribution in [3.8, 4) is 5.75 Å². The lowest BCUT2D eigenvalue weighted by Gasteiger charge is -2.25. The molecule has 0 aliphatic carbocycles. The fraction of sp³-hybridized carbons (Fsp3) is 0.312. The highest BCUT2D eigenvalue weighted by Crippen LogP contribution is 2.39. The Morgan fingerprint density at radius 2 is 1.87 bits per heavy atom. The molecule has 1 aliphatic heterocycles. The van der Waals surface area contributed by atoms with Crippen molar-refractivity contribution in [2.75, 3.05) is 13.1 Å². The number of nitrogens with zero attached hydrogens (tertiary/aromatic N) is 1. The molecule has 0 bridgehead atoms. The standard InChI is InChI=1S/C16H14Cl2F2N2O/c17-13-4-11(19)5-14(18)16(13)23-15(9-1-2-21-6-9)10-3-12(20)8-22-7-10/h3-5,7-9,15,21H,1-2,6H2. The molecule has 1 saturated heterocycles. The van der Waals surface area contributed by atoms with Crippen LogP contribution in [0, 0.1) is 17.6 Å². The van der Waals surface area contributed by atoms with Crippen molar-refractivity contribution >= 4 is 23.2 Å². The third-order valence-electron chi connectivity index (χ3n) is 3.79. The van der Waals surface area contributed by atoms with E-state index in [0.29, 0.717) is 5.56 Å². The van der Waals surface area contributed by atoms with Gasteiger partial charge in [-0.25, -0.2) is 8.78 Å². The Hall–Kier alpha value is -1.43. The second-order valence-electron chi connectivity index (χ2n) is 5.43. The van der Waals surface area contributed by atoms with Crippen molar-refractivity contribution in [3.63, 3.8) is 0 Å². The van der Waals surface area contributed by atoms with Crippen LogP contribution in [0.2, 0.25) is 10.0 Å². The molecule has 0 radical (unpaired) electrons. The van der Waals surface area contributed by atoms with Gasteiger partial charge < -0.3 is 10.1 Å². The summed E-state index contributed by atoms with van der Waals surface area (Å²) in [5.74, 6) is -0.691. The summed E-state index contributed by atoms with van der Waals surface area (Å²) < 4.78 is 32.8. The Labute approximate surface area is 142 Å². The van der Waals surface area contributed by atoms with Crippen LogP contribution in [-0.4, -0.2) is 18.1 Å². The van der Waals surface area contributed by atoms with Crippen LogP contribution in [-0.2, 0) is 0 Å². The summed E-state index contributed by atoms with van der Waals surface area (Å²) in [6.07, 6.45) is 3.06. The van der Waals surface area contributed by atoms with E-state index in [0.717, 1.165) is 37.8 Å². The van der Waals surface area contributed by atoms with Crippen LogP contribution in [0.5, 0.6) is 5.75 Å². The number of pyridine rings is 1. The number of ether oxygens (including phenoxy) is 1. The number of rotatable bonds is 4. The van der Waals surface area contributed by atoms with Crippen molar-refractivity contribution in [1.82, 2.24) is 10.3 Å². The summed E-state index contributed by atoms with van der Waals surface area (Å²) in [5, 5.41) is 3.40. The highest BCUT2D eigenvalue weighted by molar-refractivity contribution is 6.37. The molecule has 2 heterocycles.